The van der Waals surface area contributed by atoms with Crippen LogP contribution in [0.15, 0.2) is 42.0 Å². The molecule has 0 aliphatic carbocycles. The van der Waals surface area contributed by atoms with Crippen molar-refractivity contribution in [2.24, 2.45) is 0 Å². The van der Waals surface area contributed by atoms with E-state index in [1.807, 2.05) is 13.8 Å². The van der Waals surface area contributed by atoms with Crippen molar-refractivity contribution >= 4 is 17.4 Å². The SMILES string of the molecule is COCCN1C(=O)C(=O)/C(=C(/O)c2ccc(OC)c(C(C)C)c2)C1c1cccc(OC)c1OC. The molecular formula is C26H31NO7. The molecule has 1 aliphatic rings. The second-order valence-corrected chi connectivity index (χ2v) is 8.18. The van der Waals surface area contributed by atoms with Crippen LogP contribution >= 0.6 is 0 Å². The van der Waals surface area contributed by atoms with Crippen LogP contribution in [0, 0.1) is 0 Å². The Labute approximate surface area is 199 Å². The van der Waals surface area contributed by atoms with Crippen LogP contribution in [0.2, 0.25) is 0 Å². The molecule has 8 heteroatoms. The number of benzene rings is 2. The predicted octanol–water partition coefficient (Wildman–Crippen LogP) is 3.90. The maximum atomic E-state index is 13.2. The van der Waals surface area contributed by atoms with E-state index < -0.39 is 17.7 Å². The first-order valence-corrected chi connectivity index (χ1v) is 11.0. The summed E-state index contributed by atoms with van der Waals surface area (Å²) in [6, 6.07) is 9.53. The van der Waals surface area contributed by atoms with Crippen molar-refractivity contribution in [2.45, 2.75) is 25.8 Å². The Morgan fingerprint density at radius 2 is 1.71 bits per heavy atom. The largest absolute Gasteiger partial charge is 0.507 e. The molecule has 0 saturated carbocycles. The topological polar surface area (TPSA) is 94.5 Å². The molecular weight excluding hydrogens is 438 g/mol. The number of amides is 1. The van der Waals surface area contributed by atoms with Crippen molar-refractivity contribution in [3.8, 4) is 17.2 Å². The van der Waals surface area contributed by atoms with Gasteiger partial charge in [-0.1, -0.05) is 26.0 Å². The molecule has 1 unspecified atom stereocenters. The molecule has 34 heavy (non-hydrogen) atoms. The van der Waals surface area contributed by atoms with Gasteiger partial charge in [-0.2, -0.15) is 0 Å². The van der Waals surface area contributed by atoms with Gasteiger partial charge >= 0.3 is 0 Å². The molecule has 1 aliphatic heterocycles. The Bertz CT molecular complexity index is 1110. The lowest BCUT2D eigenvalue weighted by atomic mass is 9.92. The minimum atomic E-state index is -0.884. The van der Waals surface area contributed by atoms with Gasteiger partial charge in [0, 0.05) is 24.8 Å². The molecule has 1 saturated heterocycles. The monoisotopic (exact) mass is 469 g/mol. The summed E-state index contributed by atoms with van der Waals surface area (Å²) in [4.78, 5) is 27.7. The summed E-state index contributed by atoms with van der Waals surface area (Å²) in [5.74, 6) is -0.139. The molecule has 0 bridgehead atoms. The standard InChI is InChI=1S/C26H31NO7/c1-15(2)18-14-16(10-11-19(18)32-4)23(28)21-22(27(12-13-31-3)26(30)24(21)29)17-8-7-9-20(33-5)25(17)34-6/h7-11,14-15,22,28H,12-13H2,1-6H3/b23-21+. The third-order valence-electron chi connectivity index (χ3n) is 5.93. The highest BCUT2D eigenvalue weighted by atomic mass is 16.5. The molecule has 2 aromatic carbocycles. The molecule has 3 rings (SSSR count). The molecule has 1 amide bonds. The Morgan fingerprint density at radius 1 is 1.00 bits per heavy atom. The smallest absolute Gasteiger partial charge is 0.295 e. The van der Waals surface area contributed by atoms with Gasteiger partial charge in [-0.15, -0.1) is 0 Å². The average Bonchev–Trinajstić information content (AvgIpc) is 3.10. The number of carbonyl (C=O) groups excluding carboxylic acids is 2. The first-order chi connectivity index (χ1) is 16.3. The fourth-order valence-corrected chi connectivity index (χ4v) is 4.24. The number of methoxy groups -OCH3 is 4. The van der Waals surface area contributed by atoms with E-state index >= 15 is 0 Å². The van der Waals surface area contributed by atoms with Crippen LogP contribution in [0.4, 0.5) is 0 Å². The third kappa shape index (κ3) is 4.46. The number of aliphatic hydroxyl groups is 1. The van der Waals surface area contributed by atoms with E-state index in [1.54, 1.807) is 43.5 Å². The predicted molar refractivity (Wildman–Crippen MR) is 128 cm³/mol. The summed E-state index contributed by atoms with van der Waals surface area (Å²) in [5, 5.41) is 11.4. The van der Waals surface area contributed by atoms with E-state index in [0.717, 1.165) is 5.56 Å². The summed E-state index contributed by atoms with van der Waals surface area (Å²) in [5.41, 5.74) is 1.79. The van der Waals surface area contributed by atoms with Crippen LogP contribution in [0.3, 0.4) is 0 Å². The van der Waals surface area contributed by atoms with E-state index in [-0.39, 0.29) is 30.4 Å². The van der Waals surface area contributed by atoms with Crippen LogP contribution in [0.5, 0.6) is 17.2 Å². The second kappa shape index (κ2) is 10.6. The number of nitrogens with zero attached hydrogens (tertiary/aromatic N) is 1. The summed E-state index contributed by atoms with van der Waals surface area (Å²) in [7, 11) is 6.09. The van der Waals surface area contributed by atoms with Gasteiger partial charge < -0.3 is 29.0 Å². The van der Waals surface area contributed by atoms with Crippen LogP contribution in [-0.4, -0.2) is 63.3 Å². The lowest BCUT2D eigenvalue weighted by Gasteiger charge is -2.27. The fraction of sp³-hybridized carbons (Fsp3) is 0.385. The van der Waals surface area contributed by atoms with Gasteiger partial charge in [0.25, 0.3) is 11.7 Å². The maximum absolute atomic E-state index is 13.2. The van der Waals surface area contributed by atoms with Crippen molar-refractivity contribution in [1.82, 2.24) is 4.90 Å². The van der Waals surface area contributed by atoms with Crippen molar-refractivity contribution in [3.05, 3.63) is 58.7 Å². The highest BCUT2D eigenvalue weighted by Gasteiger charge is 2.47. The van der Waals surface area contributed by atoms with E-state index in [9.17, 15) is 14.7 Å². The lowest BCUT2D eigenvalue weighted by Crippen LogP contribution is -2.32. The summed E-state index contributed by atoms with van der Waals surface area (Å²) >= 11 is 0. The van der Waals surface area contributed by atoms with E-state index in [1.165, 1.54) is 26.2 Å². The second-order valence-electron chi connectivity index (χ2n) is 8.18. The van der Waals surface area contributed by atoms with Crippen LogP contribution in [0.1, 0.15) is 42.5 Å². The Hall–Kier alpha value is -3.52. The number of para-hydroxylation sites is 1. The Kier molecular flexibility index (Phi) is 7.83. The van der Waals surface area contributed by atoms with Crippen molar-refractivity contribution in [2.75, 3.05) is 41.6 Å². The molecule has 1 N–H and O–H groups in total. The lowest BCUT2D eigenvalue weighted by molar-refractivity contribution is -0.140. The number of hydrogen-bond acceptors (Lipinski definition) is 7. The van der Waals surface area contributed by atoms with Gasteiger partial charge in [0.05, 0.1) is 39.6 Å². The van der Waals surface area contributed by atoms with E-state index in [2.05, 4.69) is 0 Å². The number of ether oxygens (including phenoxy) is 4. The van der Waals surface area contributed by atoms with Crippen molar-refractivity contribution < 1.29 is 33.6 Å². The number of rotatable bonds is 9. The number of ketones is 1. The molecule has 1 fully saturated rings. The van der Waals surface area contributed by atoms with Crippen LogP contribution < -0.4 is 14.2 Å². The fourth-order valence-electron chi connectivity index (χ4n) is 4.24. The van der Waals surface area contributed by atoms with Gasteiger partial charge in [0.1, 0.15) is 11.5 Å². The van der Waals surface area contributed by atoms with Gasteiger partial charge in [-0.25, -0.2) is 0 Å². The maximum Gasteiger partial charge on any atom is 0.295 e. The highest BCUT2D eigenvalue weighted by Crippen LogP contribution is 2.45. The number of Topliss-reactive ketones (excluding diaryl/α,β-unsaturated/α-hetero) is 1. The molecule has 1 heterocycles. The molecule has 0 aromatic heterocycles. The van der Waals surface area contributed by atoms with Gasteiger partial charge in [-0.05, 0) is 35.7 Å². The minimum Gasteiger partial charge on any atom is -0.507 e. The number of aliphatic hydroxyl groups excluding tert-OH is 1. The normalized spacial score (nSPS) is 17.4. The minimum absolute atomic E-state index is 0.0208. The zero-order chi connectivity index (χ0) is 25.0. The Balaban J connectivity index is 2.27. The molecule has 8 nitrogen and oxygen atoms in total. The molecule has 182 valence electrons. The highest BCUT2D eigenvalue weighted by molar-refractivity contribution is 6.46. The molecule has 1 atom stereocenters. The zero-order valence-corrected chi connectivity index (χ0v) is 20.4. The molecule has 0 spiro atoms. The van der Waals surface area contributed by atoms with E-state index in [0.29, 0.717) is 28.4 Å². The number of hydrogen-bond donors (Lipinski definition) is 1. The first kappa shape index (κ1) is 25.1. The van der Waals surface area contributed by atoms with Crippen LogP contribution in [0.25, 0.3) is 5.76 Å². The van der Waals surface area contributed by atoms with Gasteiger partial charge in [-0.3, -0.25) is 9.59 Å². The van der Waals surface area contributed by atoms with Gasteiger partial charge in [0.15, 0.2) is 11.5 Å². The quantitative estimate of drug-likeness (QED) is 0.338. The average molecular weight is 470 g/mol. The van der Waals surface area contributed by atoms with Crippen molar-refractivity contribution in [3.63, 3.8) is 0 Å². The molecule has 2 aromatic rings. The summed E-state index contributed by atoms with van der Waals surface area (Å²) in [6.45, 7) is 4.39. The number of carbonyl (C=O) groups is 2. The zero-order valence-electron chi connectivity index (χ0n) is 20.4. The Morgan fingerprint density at radius 3 is 2.29 bits per heavy atom. The third-order valence-corrected chi connectivity index (χ3v) is 5.93. The van der Waals surface area contributed by atoms with Crippen molar-refractivity contribution in [1.29, 1.82) is 0 Å². The number of likely N-dealkylation sites (tertiary alicyclic amines) is 1. The molecule has 0 radical (unpaired) electrons. The summed E-state index contributed by atoms with van der Waals surface area (Å²) < 4.78 is 21.6. The van der Waals surface area contributed by atoms with Crippen LogP contribution in [-0.2, 0) is 14.3 Å². The van der Waals surface area contributed by atoms with Gasteiger partial charge in [0.2, 0.25) is 0 Å². The van der Waals surface area contributed by atoms with E-state index in [4.69, 9.17) is 18.9 Å². The summed E-state index contributed by atoms with van der Waals surface area (Å²) in [6.07, 6.45) is 0. The first-order valence-electron chi connectivity index (χ1n) is 11.0.